The largest absolute Gasteiger partial charge is 0.480 e. The minimum atomic E-state index is -0.824. The van der Waals surface area contributed by atoms with Gasteiger partial charge in [0.2, 0.25) is 0 Å². The van der Waals surface area contributed by atoms with Gasteiger partial charge >= 0.3 is 5.97 Å². The fourth-order valence-corrected chi connectivity index (χ4v) is 0.204. The van der Waals surface area contributed by atoms with Gasteiger partial charge in [-0.15, -0.1) is 0 Å². The molecular formula is C7H15BrO3. The van der Waals surface area contributed by atoms with Crippen LogP contribution in [0.15, 0.2) is 0 Å². The van der Waals surface area contributed by atoms with Crippen LogP contribution in [0.5, 0.6) is 0 Å². The van der Waals surface area contributed by atoms with E-state index in [1.54, 1.807) is 6.92 Å². The van der Waals surface area contributed by atoms with Gasteiger partial charge in [-0.1, -0.05) is 15.9 Å². The highest BCUT2D eigenvalue weighted by Gasteiger charge is 2.01. The molecule has 0 radical (unpaired) electrons. The summed E-state index contributed by atoms with van der Waals surface area (Å²) in [6.45, 7) is 7.22. The number of carbonyl (C=O) groups is 1. The van der Waals surface area contributed by atoms with Gasteiger partial charge in [0.25, 0.3) is 0 Å². The topological polar surface area (TPSA) is 46.5 Å². The van der Waals surface area contributed by atoms with Crippen molar-refractivity contribution < 1.29 is 14.6 Å². The summed E-state index contributed by atoms with van der Waals surface area (Å²) in [5.74, 6) is -0.824. The van der Waals surface area contributed by atoms with Crippen molar-refractivity contribution in [2.75, 3.05) is 13.2 Å². The number of hydrogen-bond donors (Lipinski definition) is 1. The molecule has 0 saturated carbocycles. The maximum atomic E-state index is 9.65. The molecule has 0 bridgehead atoms. The van der Waals surface area contributed by atoms with E-state index in [0.29, 0.717) is 0 Å². The molecule has 0 saturated heterocycles. The van der Waals surface area contributed by atoms with Gasteiger partial charge in [-0.3, -0.25) is 4.79 Å². The number of halogens is 1. The van der Waals surface area contributed by atoms with Crippen molar-refractivity contribution in [3.63, 3.8) is 0 Å². The zero-order chi connectivity index (χ0) is 9.28. The van der Waals surface area contributed by atoms with Crippen molar-refractivity contribution in [2.45, 2.75) is 25.6 Å². The third-order valence-electron chi connectivity index (χ3n) is 0.749. The van der Waals surface area contributed by atoms with Gasteiger partial charge in [-0.25, -0.2) is 0 Å². The van der Waals surface area contributed by atoms with E-state index in [-0.39, 0.29) is 0 Å². The maximum Gasteiger partial charge on any atom is 0.316 e. The minimum absolute atomic E-state index is 0.419. The average Bonchev–Trinajstić information content (AvgIpc) is 1.90. The Kier molecular flexibility index (Phi) is 12.2. The lowest BCUT2D eigenvalue weighted by Gasteiger charge is -1.87. The van der Waals surface area contributed by atoms with E-state index in [4.69, 9.17) is 9.84 Å². The lowest BCUT2D eigenvalue weighted by atomic mass is 10.5. The fourth-order valence-electron chi connectivity index (χ4n) is 0.204. The van der Waals surface area contributed by atoms with Crippen LogP contribution in [0, 0.1) is 0 Å². The Balaban J connectivity index is 0. The van der Waals surface area contributed by atoms with E-state index >= 15 is 0 Å². The second-order valence-electron chi connectivity index (χ2n) is 1.74. The molecule has 1 atom stereocenters. The molecule has 0 aromatic carbocycles. The fraction of sp³-hybridized carbons (Fsp3) is 0.857. The van der Waals surface area contributed by atoms with Crippen molar-refractivity contribution in [1.29, 1.82) is 0 Å². The molecule has 0 spiro atoms. The van der Waals surface area contributed by atoms with Gasteiger partial charge in [-0.2, -0.15) is 0 Å². The predicted octanol–water partition coefficient (Wildman–Crippen LogP) is 1.90. The summed E-state index contributed by atoms with van der Waals surface area (Å²) < 4.78 is 4.83. The number of rotatable bonds is 3. The molecule has 4 heteroatoms. The zero-order valence-electron chi connectivity index (χ0n) is 7.13. The SMILES string of the molecule is CC(Br)C(=O)O.CCOCC. The van der Waals surface area contributed by atoms with E-state index in [0.717, 1.165) is 13.2 Å². The number of carboxylic acid groups (broad SMARTS) is 1. The number of carboxylic acids is 1. The Morgan fingerprint density at radius 3 is 1.82 bits per heavy atom. The third-order valence-corrected chi connectivity index (χ3v) is 1.14. The highest BCUT2D eigenvalue weighted by atomic mass is 79.9. The molecule has 0 fully saturated rings. The first-order valence-electron chi connectivity index (χ1n) is 3.50. The van der Waals surface area contributed by atoms with Gasteiger partial charge in [0.05, 0.1) is 0 Å². The molecule has 11 heavy (non-hydrogen) atoms. The highest BCUT2D eigenvalue weighted by molar-refractivity contribution is 9.10. The predicted molar refractivity (Wildman–Crippen MR) is 48.2 cm³/mol. The molecule has 0 rings (SSSR count). The van der Waals surface area contributed by atoms with Crippen molar-refractivity contribution in [1.82, 2.24) is 0 Å². The minimum Gasteiger partial charge on any atom is -0.480 e. The van der Waals surface area contributed by atoms with E-state index in [1.165, 1.54) is 0 Å². The summed E-state index contributed by atoms with van der Waals surface area (Å²) >= 11 is 2.84. The Labute approximate surface area is 75.9 Å². The monoisotopic (exact) mass is 226 g/mol. The molecule has 0 amide bonds. The van der Waals surface area contributed by atoms with Crippen molar-refractivity contribution in [3.05, 3.63) is 0 Å². The van der Waals surface area contributed by atoms with E-state index in [2.05, 4.69) is 15.9 Å². The molecule has 3 nitrogen and oxygen atoms in total. The zero-order valence-corrected chi connectivity index (χ0v) is 8.72. The first-order chi connectivity index (χ1) is 5.06. The van der Waals surface area contributed by atoms with E-state index in [1.807, 2.05) is 13.8 Å². The Bertz CT molecular complexity index is 91.7. The third kappa shape index (κ3) is 17.8. The lowest BCUT2D eigenvalue weighted by molar-refractivity contribution is -0.135. The van der Waals surface area contributed by atoms with Gasteiger partial charge in [-0.05, 0) is 20.8 Å². The summed E-state index contributed by atoms with van der Waals surface area (Å²) in [6.07, 6.45) is 0. The van der Waals surface area contributed by atoms with Crippen LogP contribution in [-0.4, -0.2) is 29.1 Å². The van der Waals surface area contributed by atoms with Crippen LogP contribution in [0.2, 0.25) is 0 Å². The van der Waals surface area contributed by atoms with E-state index < -0.39 is 10.8 Å². The van der Waals surface area contributed by atoms with E-state index in [9.17, 15) is 4.79 Å². The highest BCUT2D eigenvalue weighted by Crippen LogP contribution is 1.93. The molecule has 68 valence electrons. The first-order valence-corrected chi connectivity index (χ1v) is 4.42. The molecule has 0 heterocycles. The molecule has 0 aliphatic heterocycles. The smallest absolute Gasteiger partial charge is 0.316 e. The van der Waals surface area contributed by atoms with Crippen molar-refractivity contribution in [2.24, 2.45) is 0 Å². The summed E-state index contributed by atoms with van der Waals surface area (Å²) in [4.78, 5) is 9.23. The molecule has 0 aromatic heterocycles. The lowest BCUT2D eigenvalue weighted by Crippen LogP contribution is -2.06. The van der Waals surface area contributed by atoms with Crippen LogP contribution >= 0.6 is 15.9 Å². The van der Waals surface area contributed by atoms with Crippen LogP contribution in [0.1, 0.15) is 20.8 Å². The van der Waals surface area contributed by atoms with Crippen LogP contribution in [0.25, 0.3) is 0 Å². The average molecular weight is 227 g/mol. The number of alkyl halides is 1. The van der Waals surface area contributed by atoms with Crippen LogP contribution in [0.4, 0.5) is 0 Å². The van der Waals surface area contributed by atoms with Gasteiger partial charge in [0.1, 0.15) is 4.83 Å². The van der Waals surface area contributed by atoms with Crippen LogP contribution in [0.3, 0.4) is 0 Å². The molecule has 0 aliphatic carbocycles. The molecule has 1 unspecified atom stereocenters. The van der Waals surface area contributed by atoms with Gasteiger partial charge in [0.15, 0.2) is 0 Å². The summed E-state index contributed by atoms with van der Waals surface area (Å²) in [5.41, 5.74) is 0. The van der Waals surface area contributed by atoms with Crippen molar-refractivity contribution >= 4 is 21.9 Å². The maximum absolute atomic E-state index is 9.65. The molecule has 0 aromatic rings. The summed E-state index contributed by atoms with van der Waals surface area (Å²) in [7, 11) is 0. The van der Waals surface area contributed by atoms with Gasteiger partial charge in [0, 0.05) is 13.2 Å². The Morgan fingerprint density at radius 2 is 1.82 bits per heavy atom. The van der Waals surface area contributed by atoms with Crippen molar-refractivity contribution in [3.8, 4) is 0 Å². The molecule has 1 N–H and O–H groups in total. The quantitative estimate of drug-likeness (QED) is 0.749. The summed E-state index contributed by atoms with van der Waals surface area (Å²) in [6, 6.07) is 0. The van der Waals surface area contributed by atoms with Crippen LogP contribution in [-0.2, 0) is 9.53 Å². The number of hydrogen-bond acceptors (Lipinski definition) is 2. The second kappa shape index (κ2) is 9.91. The molecule has 0 aliphatic rings. The Hall–Kier alpha value is -0.0900. The first kappa shape index (κ1) is 13.5. The standard InChI is InChI=1S/C4H10O.C3H5BrO2/c1-3-5-4-2;1-2(4)3(5)6/h3-4H2,1-2H3;2H,1H3,(H,5,6). The second-order valence-corrected chi connectivity index (χ2v) is 3.11. The van der Waals surface area contributed by atoms with Gasteiger partial charge < -0.3 is 9.84 Å². The molecular weight excluding hydrogens is 212 g/mol. The summed E-state index contributed by atoms with van der Waals surface area (Å²) in [5, 5.41) is 7.94. The Morgan fingerprint density at radius 1 is 1.55 bits per heavy atom. The number of aliphatic carboxylic acids is 1. The van der Waals surface area contributed by atoms with Crippen LogP contribution < -0.4 is 0 Å². The normalized spacial score (nSPS) is 11.3. The number of ether oxygens (including phenoxy) is 1.